The first-order valence-electron chi connectivity index (χ1n) is 10.1. The number of nitrogens with one attached hydrogen (secondary N) is 1. The molecule has 9 heteroatoms. The highest BCUT2D eigenvalue weighted by molar-refractivity contribution is 7.89. The number of anilines is 1. The van der Waals surface area contributed by atoms with Gasteiger partial charge in [-0.05, 0) is 30.2 Å². The molecule has 1 aliphatic rings. The monoisotopic (exact) mass is 465 g/mol. The number of hydrogen-bond acceptors (Lipinski definition) is 5. The number of nitrogens with zero attached hydrogens (tertiary/aromatic N) is 3. The molecule has 170 valence electrons. The standard InChI is InChI=1S/C22H30N4O3S.ClH/c1-18-9-10-20(30(28,29)24(2)3)15-21(18)23-22(27)17-26-13-11-25(12-14-26)16-19-7-5-4-6-8-19;/h4-10,15H,11-14,16-17H2,1-3H3,(H,23,27);1H/p-1. The van der Waals surface area contributed by atoms with Crippen molar-refractivity contribution in [2.75, 3.05) is 52.1 Å². The van der Waals surface area contributed by atoms with Crippen LogP contribution in [0.2, 0.25) is 0 Å². The summed E-state index contributed by atoms with van der Waals surface area (Å²) in [7, 11) is -0.563. The Kier molecular flexibility index (Phi) is 9.02. The Morgan fingerprint density at radius 1 is 1.00 bits per heavy atom. The Morgan fingerprint density at radius 2 is 1.61 bits per heavy atom. The Bertz CT molecular complexity index is 976. The highest BCUT2D eigenvalue weighted by Gasteiger charge is 2.21. The second-order valence-electron chi connectivity index (χ2n) is 7.85. The second-order valence-corrected chi connectivity index (χ2v) is 10.0. The summed E-state index contributed by atoms with van der Waals surface area (Å²) in [6.07, 6.45) is 0. The summed E-state index contributed by atoms with van der Waals surface area (Å²) in [5, 5.41) is 2.88. The van der Waals surface area contributed by atoms with Gasteiger partial charge in [0.05, 0.1) is 11.4 Å². The molecule has 0 aliphatic carbocycles. The first kappa shape index (κ1) is 25.3. The minimum absolute atomic E-state index is 0. The molecule has 0 bridgehead atoms. The maximum Gasteiger partial charge on any atom is 0.242 e. The summed E-state index contributed by atoms with van der Waals surface area (Å²) in [6, 6.07) is 15.2. The van der Waals surface area contributed by atoms with Crippen LogP contribution in [0.3, 0.4) is 0 Å². The SMILES string of the molecule is Cc1ccc(S(=O)(=O)N(C)C)cc1NC(=O)CN1CCN(Cc2ccccc2)CC1.[Cl-]. The van der Waals surface area contributed by atoms with E-state index in [9.17, 15) is 13.2 Å². The smallest absolute Gasteiger partial charge is 0.242 e. The van der Waals surface area contributed by atoms with E-state index in [1.165, 1.54) is 25.7 Å². The molecule has 31 heavy (non-hydrogen) atoms. The number of aryl methyl sites for hydroxylation is 1. The van der Waals surface area contributed by atoms with E-state index in [1.807, 2.05) is 13.0 Å². The van der Waals surface area contributed by atoms with E-state index in [0.717, 1.165) is 42.6 Å². The van der Waals surface area contributed by atoms with E-state index in [2.05, 4.69) is 39.4 Å². The molecule has 1 amide bonds. The average Bonchev–Trinajstić information content (AvgIpc) is 2.71. The van der Waals surface area contributed by atoms with Crippen LogP contribution in [-0.2, 0) is 21.4 Å². The molecule has 1 saturated heterocycles. The van der Waals surface area contributed by atoms with Gasteiger partial charge < -0.3 is 17.7 Å². The number of hydrogen-bond donors (Lipinski definition) is 1. The zero-order valence-corrected chi connectivity index (χ0v) is 19.8. The summed E-state index contributed by atoms with van der Waals surface area (Å²) in [4.78, 5) is 17.3. The van der Waals surface area contributed by atoms with Crippen molar-refractivity contribution in [1.82, 2.24) is 14.1 Å². The van der Waals surface area contributed by atoms with E-state index < -0.39 is 10.0 Å². The molecule has 0 aromatic heterocycles. The van der Waals surface area contributed by atoms with Crippen LogP contribution < -0.4 is 17.7 Å². The van der Waals surface area contributed by atoms with Crippen LogP contribution in [0.4, 0.5) is 5.69 Å². The first-order valence-corrected chi connectivity index (χ1v) is 11.5. The zero-order valence-electron chi connectivity index (χ0n) is 18.2. The fourth-order valence-corrected chi connectivity index (χ4v) is 4.38. The van der Waals surface area contributed by atoms with Crippen molar-refractivity contribution >= 4 is 21.6 Å². The van der Waals surface area contributed by atoms with Gasteiger partial charge in [0, 0.05) is 52.5 Å². The highest BCUT2D eigenvalue weighted by atomic mass is 35.5. The third-order valence-electron chi connectivity index (χ3n) is 5.34. The number of rotatable bonds is 7. The predicted molar refractivity (Wildman–Crippen MR) is 119 cm³/mol. The van der Waals surface area contributed by atoms with Gasteiger partial charge in [-0.15, -0.1) is 0 Å². The Morgan fingerprint density at radius 3 is 2.23 bits per heavy atom. The molecular formula is C22H30ClN4O3S-. The Balaban J connectivity index is 0.00000341. The van der Waals surface area contributed by atoms with E-state index >= 15 is 0 Å². The molecule has 2 aromatic rings. The summed E-state index contributed by atoms with van der Waals surface area (Å²) >= 11 is 0. The van der Waals surface area contributed by atoms with Crippen molar-refractivity contribution < 1.29 is 25.6 Å². The lowest BCUT2D eigenvalue weighted by Crippen LogP contribution is -3.00. The van der Waals surface area contributed by atoms with Crippen molar-refractivity contribution in [2.45, 2.75) is 18.4 Å². The van der Waals surface area contributed by atoms with Crippen molar-refractivity contribution in [3.8, 4) is 0 Å². The molecule has 1 heterocycles. The highest BCUT2D eigenvalue weighted by Crippen LogP contribution is 2.22. The quantitative estimate of drug-likeness (QED) is 0.568. The number of benzene rings is 2. The van der Waals surface area contributed by atoms with Crippen LogP contribution in [0.5, 0.6) is 0 Å². The maximum absolute atomic E-state index is 12.6. The number of amides is 1. The summed E-state index contributed by atoms with van der Waals surface area (Å²) in [5.74, 6) is -0.131. The van der Waals surface area contributed by atoms with Gasteiger partial charge in [-0.2, -0.15) is 0 Å². The second kappa shape index (κ2) is 11.1. The molecular weight excluding hydrogens is 436 g/mol. The van der Waals surface area contributed by atoms with Gasteiger partial charge in [0.2, 0.25) is 15.9 Å². The van der Waals surface area contributed by atoms with Crippen molar-refractivity contribution in [3.63, 3.8) is 0 Å². The van der Waals surface area contributed by atoms with E-state index in [0.29, 0.717) is 12.2 Å². The first-order chi connectivity index (χ1) is 14.3. The topological polar surface area (TPSA) is 73.0 Å². The molecule has 1 N–H and O–H groups in total. The molecule has 0 atom stereocenters. The van der Waals surface area contributed by atoms with E-state index in [-0.39, 0.29) is 23.2 Å². The molecule has 0 unspecified atom stereocenters. The van der Waals surface area contributed by atoms with Gasteiger partial charge >= 0.3 is 0 Å². The predicted octanol–water partition coefficient (Wildman–Crippen LogP) is -0.994. The largest absolute Gasteiger partial charge is 1.00 e. The Labute approximate surface area is 191 Å². The summed E-state index contributed by atoms with van der Waals surface area (Å²) < 4.78 is 25.9. The number of piperazine rings is 1. The van der Waals surface area contributed by atoms with Crippen LogP contribution in [0.1, 0.15) is 11.1 Å². The summed E-state index contributed by atoms with van der Waals surface area (Å²) in [5.41, 5.74) is 2.66. The van der Waals surface area contributed by atoms with Gasteiger partial charge in [-0.3, -0.25) is 14.6 Å². The number of sulfonamides is 1. The van der Waals surface area contributed by atoms with Crippen LogP contribution in [0.15, 0.2) is 53.4 Å². The van der Waals surface area contributed by atoms with Crippen LogP contribution >= 0.6 is 0 Å². The summed E-state index contributed by atoms with van der Waals surface area (Å²) in [6.45, 7) is 6.55. The van der Waals surface area contributed by atoms with Gasteiger partial charge in [-0.25, -0.2) is 12.7 Å². The molecule has 0 saturated carbocycles. The van der Waals surface area contributed by atoms with Gasteiger partial charge in [0.25, 0.3) is 0 Å². The molecule has 1 fully saturated rings. The number of carbonyl (C=O) groups is 1. The van der Waals surface area contributed by atoms with Gasteiger partial charge in [-0.1, -0.05) is 36.4 Å². The van der Waals surface area contributed by atoms with E-state index in [1.54, 1.807) is 12.1 Å². The third-order valence-corrected chi connectivity index (χ3v) is 7.15. The van der Waals surface area contributed by atoms with Crippen LogP contribution in [0, 0.1) is 6.92 Å². The minimum Gasteiger partial charge on any atom is -1.00 e. The van der Waals surface area contributed by atoms with Crippen molar-refractivity contribution in [2.24, 2.45) is 0 Å². The van der Waals surface area contributed by atoms with Crippen molar-refractivity contribution in [1.29, 1.82) is 0 Å². The lowest BCUT2D eigenvalue weighted by atomic mass is 10.2. The van der Waals surface area contributed by atoms with Crippen LogP contribution in [0.25, 0.3) is 0 Å². The van der Waals surface area contributed by atoms with E-state index in [4.69, 9.17) is 0 Å². The lowest BCUT2D eigenvalue weighted by Gasteiger charge is -2.34. The molecule has 3 rings (SSSR count). The lowest BCUT2D eigenvalue weighted by molar-refractivity contribution is -0.117. The fourth-order valence-electron chi connectivity index (χ4n) is 3.45. The van der Waals surface area contributed by atoms with Crippen LogP contribution in [-0.4, -0.2) is 75.2 Å². The normalized spacial score (nSPS) is 15.5. The Hall–Kier alpha value is -1.97. The van der Waals surface area contributed by atoms with Gasteiger partial charge in [0.15, 0.2) is 0 Å². The zero-order chi connectivity index (χ0) is 21.7. The van der Waals surface area contributed by atoms with Crippen molar-refractivity contribution in [3.05, 3.63) is 59.7 Å². The maximum atomic E-state index is 12.6. The molecule has 2 aromatic carbocycles. The minimum atomic E-state index is -3.55. The molecule has 0 spiro atoms. The van der Waals surface area contributed by atoms with Gasteiger partial charge in [0.1, 0.15) is 0 Å². The molecule has 7 nitrogen and oxygen atoms in total. The molecule has 0 radical (unpaired) electrons. The third kappa shape index (κ3) is 6.75. The molecule has 1 aliphatic heterocycles. The number of carbonyl (C=O) groups excluding carboxylic acids is 1. The average molecular weight is 466 g/mol. The number of halogens is 1. The fraction of sp³-hybridized carbons (Fsp3) is 0.409.